The molecule has 2 heterocycles. The lowest BCUT2D eigenvalue weighted by molar-refractivity contribution is -0.141. The Morgan fingerprint density at radius 3 is 2.86 bits per heavy atom. The number of hydrogen-bond donors (Lipinski definition) is 1. The molecule has 1 aliphatic heterocycles. The smallest absolute Gasteiger partial charge is 0.326 e. The molecule has 0 spiro atoms. The van der Waals surface area contributed by atoms with Gasteiger partial charge in [-0.15, -0.1) is 11.3 Å². The van der Waals surface area contributed by atoms with E-state index in [-0.39, 0.29) is 5.91 Å². The van der Waals surface area contributed by atoms with Crippen LogP contribution >= 0.6 is 11.3 Å². The third-order valence-corrected chi connectivity index (χ3v) is 4.77. The molecule has 0 bridgehead atoms. The van der Waals surface area contributed by atoms with E-state index in [1.165, 1.54) is 16.2 Å². The highest BCUT2D eigenvalue weighted by atomic mass is 32.1. The summed E-state index contributed by atoms with van der Waals surface area (Å²) in [4.78, 5) is 29.5. The summed E-state index contributed by atoms with van der Waals surface area (Å²) in [6, 6.07) is 7.14. The lowest BCUT2D eigenvalue weighted by Gasteiger charge is -2.20. The van der Waals surface area contributed by atoms with E-state index in [9.17, 15) is 14.7 Å². The van der Waals surface area contributed by atoms with Crippen molar-refractivity contribution < 1.29 is 14.7 Å². The Kier molecular flexibility index (Phi) is 3.94. The maximum atomic E-state index is 12.5. The molecule has 0 saturated carbocycles. The SMILES string of the molecule is Cc1ccccc1-c1nc(C(=O)N2CCC[C@H]2C(=O)O)cs1. The summed E-state index contributed by atoms with van der Waals surface area (Å²) in [6.07, 6.45) is 1.23. The van der Waals surface area contributed by atoms with Crippen LogP contribution in [0.5, 0.6) is 0 Å². The first-order valence-corrected chi connectivity index (χ1v) is 8.01. The molecule has 2 aromatic rings. The molecule has 0 aliphatic carbocycles. The first-order valence-electron chi connectivity index (χ1n) is 7.13. The van der Waals surface area contributed by atoms with Gasteiger partial charge in [0.2, 0.25) is 0 Å². The van der Waals surface area contributed by atoms with E-state index in [1.54, 1.807) is 5.38 Å². The maximum Gasteiger partial charge on any atom is 0.326 e. The molecule has 0 unspecified atom stereocenters. The number of carbonyl (C=O) groups excluding carboxylic acids is 1. The molecule has 6 heteroatoms. The van der Waals surface area contributed by atoms with E-state index in [4.69, 9.17) is 0 Å². The molecule has 1 fully saturated rings. The minimum atomic E-state index is -0.944. The molecule has 1 N–H and O–H groups in total. The summed E-state index contributed by atoms with van der Waals surface area (Å²) in [7, 11) is 0. The first kappa shape index (κ1) is 14.7. The quantitative estimate of drug-likeness (QED) is 0.945. The minimum absolute atomic E-state index is 0.291. The summed E-state index contributed by atoms with van der Waals surface area (Å²) in [5, 5.41) is 11.7. The molecule has 3 rings (SSSR count). The van der Waals surface area contributed by atoms with Crippen LogP contribution in [-0.4, -0.2) is 39.5 Å². The monoisotopic (exact) mass is 316 g/mol. The fourth-order valence-electron chi connectivity index (χ4n) is 2.72. The van der Waals surface area contributed by atoms with Crippen molar-refractivity contribution in [1.29, 1.82) is 0 Å². The number of aryl methyl sites for hydroxylation is 1. The highest BCUT2D eigenvalue weighted by molar-refractivity contribution is 7.13. The number of aromatic nitrogens is 1. The van der Waals surface area contributed by atoms with Crippen LogP contribution in [0.2, 0.25) is 0 Å². The van der Waals surface area contributed by atoms with E-state index in [0.29, 0.717) is 18.7 Å². The van der Waals surface area contributed by atoms with E-state index >= 15 is 0 Å². The number of carbonyl (C=O) groups is 2. The van der Waals surface area contributed by atoms with Crippen LogP contribution in [0.1, 0.15) is 28.9 Å². The molecular weight excluding hydrogens is 300 g/mol. The summed E-state index contributed by atoms with van der Waals surface area (Å²) in [6.45, 7) is 2.48. The summed E-state index contributed by atoms with van der Waals surface area (Å²) in [5.74, 6) is -1.24. The summed E-state index contributed by atoms with van der Waals surface area (Å²) in [5.41, 5.74) is 2.43. The van der Waals surface area contributed by atoms with Crippen molar-refractivity contribution >= 4 is 23.2 Å². The zero-order valence-electron chi connectivity index (χ0n) is 12.2. The second kappa shape index (κ2) is 5.88. The number of likely N-dealkylation sites (tertiary alicyclic amines) is 1. The van der Waals surface area contributed by atoms with Gasteiger partial charge >= 0.3 is 5.97 Å². The summed E-state index contributed by atoms with van der Waals surface area (Å²) < 4.78 is 0. The molecule has 1 atom stereocenters. The van der Waals surface area contributed by atoms with Crippen LogP contribution in [-0.2, 0) is 4.79 Å². The van der Waals surface area contributed by atoms with Crippen LogP contribution in [0, 0.1) is 6.92 Å². The Balaban J connectivity index is 1.86. The summed E-state index contributed by atoms with van der Waals surface area (Å²) >= 11 is 1.41. The van der Waals surface area contributed by atoms with Crippen molar-refractivity contribution in [3.05, 3.63) is 40.9 Å². The Hall–Kier alpha value is -2.21. The average molecular weight is 316 g/mol. The number of amides is 1. The van der Waals surface area contributed by atoms with Crippen molar-refractivity contribution in [2.45, 2.75) is 25.8 Å². The van der Waals surface area contributed by atoms with Gasteiger partial charge in [0.15, 0.2) is 0 Å². The largest absolute Gasteiger partial charge is 0.480 e. The molecule has 1 aliphatic rings. The van der Waals surface area contributed by atoms with Crippen molar-refractivity contribution in [1.82, 2.24) is 9.88 Å². The van der Waals surface area contributed by atoms with Crippen LogP contribution in [0.4, 0.5) is 0 Å². The van der Waals surface area contributed by atoms with Gasteiger partial charge in [-0.3, -0.25) is 4.79 Å². The molecule has 1 amide bonds. The average Bonchev–Trinajstić information content (AvgIpc) is 3.16. The number of thiazole rings is 1. The zero-order chi connectivity index (χ0) is 15.7. The van der Waals surface area contributed by atoms with Crippen molar-refractivity contribution in [3.8, 4) is 10.6 Å². The van der Waals surface area contributed by atoms with Gasteiger partial charge < -0.3 is 10.0 Å². The Bertz CT molecular complexity index is 726. The van der Waals surface area contributed by atoms with Crippen molar-refractivity contribution in [3.63, 3.8) is 0 Å². The number of hydrogen-bond acceptors (Lipinski definition) is 4. The molecule has 1 aromatic carbocycles. The normalized spacial score (nSPS) is 17.7. The topological polar surface area (TPSA) is 70.5 Å². The van der Waals surface area contributed by atoms with Gasteiger partial charge in [0, 0.05) is 17.5 Å². The Labute approximate surface area is 132 Å². The van der Waals surface area contributed by atoms with Gasteiger partial charge in [-0.25, -0.2) is 9.78 Å². The fourth-order valence-corrected chi connectivity index (χ4v) is 3.61. The lowest BCUT2D eigenvalue weighted by atomic mass is 10.1. The highest BCUT2D eigenvalue weighted by Crippen LogP contribution is 2.28. The van der Waals surface area contributed by atoms with Crippen LogP contribution < -0.4 is 0 Å². The van der Waals surface area contributed by atoms with E-state index in [0.717, 1.165) is 22.6 Å². The first-order chi connectivity index (χ1) is 10.6. The predicted molar refractivity (Wildman–Crippen MR) is 84.0 cm³/mol. The zero-order valence-corrected chi connectivity index (χ0v) is 13.0. The number of carboxylic acid groups (broad SMARTS) is 1. The fraction of sp³-hybridized carbons (Fsp3) is 0.312. The molecule has 114 valence electrons. The molecular formula is C16H16N2O3S. The van der Waals surface area contributed by atoms with Gasteiger partial charge in [-0.2, -0.15) is 0 Å². The van der Waals surface area contributed by atoms with Gasteiger partial charge in [0.05, 0.1) is 0 Å². The molecule has 1 aromatic heterocycles. The van der Waals surface area contributed by atoms with Gasteiger partial charge in [0.25, 0.3) is 5.91 Å². The molecule has 22 heavy (non-hydrogen) atoms. The van der Waals surface area contributed by atoms with Gasteiger partial charge in [-0.1, -0.05) is 24.3 Å². The molecule has 1 saturated heterocycles. The second-order valence-electron chi connectivity index (χ2n) is 5.35. The minimum Gasteiger partial charge on any atom is -0.480 e. The van der Waals surface area contributed by atoms with Gasteiger partial charge in [-0.05, 0) is 25.3 Å². The van der Waals surface area contributed by atoms with Gasteiger partial charge in [0.1, 0.15) is 16.7 Å². The van der Waals surface area contributed by atoms with Crippen LogP contribution in [0.25, 0.3) is 10.6 Å². The highest BCUT2D eigenvalue weighted by Gasteiger charge is 2.35. The number of rotatable bonds is 3. The Morgan fingerprint density at radius 2 is 2.14 bits per heavy atom. The predicted octanol–water partition coefficient (Wildman–Crippen LogP) is 2.81. The van der Waals surface area contributed by atoms with E-state index < -0.39 is 12.0 Å². The number of carboxylic acids is 1. The standard InChI is InChI=1S/C16H16N2O3S/c1-10-5-2-3-6-11(10)14-17-12(9-22-14)15(19)18-8-4-7-13(18)16(20)21/h2-3,5-6,9,13H,4,7-8H2,1H3,(H,20,21)/t13-/m0/s1. The van der Waals surface area contributed by atoms with E-state index in [2.05, 4.69) is 4.98 Å². The van der Waals surface area contributed by atoms with Crippen LogP contribution in [0.3, 0.4) is 0 Å². The maximum absolute atomic E-state index is 12.5. The van der Waals surface area contributed by atoms with Crippen LogP contribution in [0.15, 0.2) is 29.6 Å². The molecule has 5 nitrogen and oxygen atoms in total. The lowest BCUT2D eigenvalue weighted by Crippen LogP contribution is -2.40. The third kappa shape index (κ3) is 2.62. The third-order valence-electron chi connectivity index (χ3n) is 3.90. The number of aliphatic carboxylic acids is 1. The Morgan fingerprint density at radius 1 is 1.36 bits per heavy atom. The number of nitrogens with zero attached hydrogens (tertiary/aromatic N) is 2. The molecule has 0 radical (unpaired) electrons. The number of benzene rings is 1. The van der Waals surface area contributed by atoms with E-state index in [1.807, 2.05) is 31.2 Å². The second-order valence-corrected chi connectivity index (χ2v) is 6.21. The van der Waals surface area contributed by atoms with Crippen molar-refractivity contribution in [2.75, 3.05) is 6.54 Å². The van der Waals surface area contributed by atoms with Crippen molar-refractivity contribution in [2.24, 2.45) is 0 Å².